The Morgan fingerprint density at radius 1 is 1.32 bits per heavy atom. The minimum atomic E-state index is -0.603. The monoisotopic (exact) mass is 544 g/mol. The third-order valence-electron chi connectivity index (χ3n) is 5.15. The molecular weight excluding hydrogens is 520 g/mol. The highest BCUT2D eigenvalue weighted by Crippen LogP contribution is 2.39. The quantitative estimate of drug-likeness (QED) is 0.188. The van der Waals surface area contributed by atoms with Gasteiger partial charge in [0, 0.05) is 4.88 Å². The standard InChI is InChI=1S/C25H25BrN2O5S/c1-4-10-33-22-18(26)12-15(13-19(22)31-3)11-16(14-27)23(29)28-24-21(25(30)32-5-2)17-8-6-7-9-20(17)34-24/h4,11-13H,1,5-10H2,2-3H3,(H,28,29)/b16-11+. The lowest BCUT2D eigenvalue weighted by molar-refractivity contribution is -0.112. The molecule has 7 nitrogen and oxygen atoms in total. The first kappa shape index (κ1) is 25.5. The zero-order chi connectivity index (χ0) is 24.7. The van der Waals surface area contributed by atoms with Crippen LogP contribution in [0.25, 0.3) is 6.08 Å². The third kappa shape index (κ3) is 5.69. The Morgan fingerprint density at radius 2 is 2.09 bits per heavy atom. The number of ether oxygens (including phenoxy) is 3. The number of carbonyl (C=O) groups excluding carboxylic acids is 2. The number of amides is 1. The third-order valence-corrected chi connectivity index (χ3v) is 6.95. The first-order valence-corrected chi connectivity index (χ1v) is 12.4. The molecule has 3 rings (SSSR count). The van der Waals surface area contributed by atoms with E-state index >= 15 is 0 Å². The first-order chi connectivity index (χ1) is 16.4. The van der Waals surface area contributed by atoms with Gasteiger partial charge < -0.3 is 19.5 Å². The van der Waals surface area contributed by atoms with Crippen LogP contribution in [0.4, 0.5) is 5.00 Å². The second-order valence-electron chi connectivity index (χ2n) is 7.39. The van der Waals surface area contributed by atoms with Gasteiger partial charge in [0.05, 0.1) is 23.8 Å². The number of aryl methyl sites for hydroxylation is 1. The number of anilines is 1. The molecule has 1 amide bonds. The Balaban J connectivity index is 1.92. The van der Waals surface area contributed by atoms with E-state index in [1.807, 2.05) is 6.07 Å². The summed E-state index contributed by atoms with van der Waals surface area (Å²) in [5, 5.41) is 12.9. The Hall–Kier alpha value is -3.09. The summed E-state index contributed by atoms with van der Waals surface area (Å²) in [4.78, 5) is 26.7. The molecule has 0 unspecified atom stereocenters. The number of benzene rings is 1. The van der Waals surface area contributed by atoms with Gasteiger partial charge in [-0.15, -0.1) is 11.3 Å². The molecule has 0 atom stereocenters. The Labute approximate surface area is 211 Å². The molecule has 0 spiro atoms. The minimum absolute atomic E-state index is 0.116. The number of esters is 1. The summed E-state index contributed by atoms with van der Waals surface area (Å²) in [7, 11) is 1.50. The molecule has 9 heteroatoms. The van der Waals surface area contributed by atoms with Crippen LogP contribution in [-0.4, -0.2) is 32.2 Å². The van der Waals surface area contributed by atoms with Crippen molar-refractivity contribution in [1.29, 1.82) is 5.26 Å². The number of nitrogens with zero attached hydrogens (tertiary/aromatic N) is 1. The maximum absolute atomic E-state index is 13.0. The van der Waals surface area contributed by atoms with Crippen molar-refractivity contribution in [3.05, 3.63) is 56.4 Å². The molecule has 1 aromatic heterocycles. The smallest absolute Gasteiger partial charge is 0.341 e. The number of rotatable bonds is 9. The highest BCUT2D eigenvalue weighted by molar-refractivity contribution is 9.10. The summed E-state index contributed by atoms with van der Waals surface area (Å²) in [5.41, 5.74) is 1.80. The summed E-state index contributed by atoms with van der Waals surface area (Å²) in [5.74, 6) is -0.126. The van der Waals surface area contributed by atoms with Gasteiger partial charge in [-0.3, -0.25) is 4.79 Å². The second kappa shape index (κ2) is 11.9. The van der Waals surface area contributed by atoms with E-state index < -0.39 is 11.9 Å². The predicted molar refractivity (Wildman–Crippen MR) is 136 cm³/mol. The van der Waals surface area contributed by atoms with Crippen molar-refractivity contribution in [2.24, 2.45) is 0 Å². The lowest BCUT2D eigenvalue weighted by atomic mass is 9.95. The lowest BCUT2D eigenvalue weighted by Gasteiger charge is -2.13. The van der Waals surface area contributed by atoms with E-state index in [2.05, 4.69) is 27.8 Å². The molecule has 1 heterocycles. The summed E-state index contributed by atoms with van der Waals surface area (Å²) < 4.78 is 16.9. The van der Waals surface area contributed by atoms with Gasteiger partial charge in [-0.2, -0.15) is 5.26 Å². The summed E-state index contributed by atoms with van der Waals surface area (Å²) in [6, 6.07) is 5.34. The summed E-state index contributed by atoms with van der Waals surface area (Å²) >= 11 is 4.82. The number of methoxy groups -OCH3 is 1. The molecule has 0 radical (unpaired) electrons. The number of fused-ring (bicyclic) bond motifs is 1. The van der Waals surface area contributed by atoms with Gasteiger partial charge in [0.1, 0.15) is 23.3 Å². The van der Waals surface area contributed by atoms with Gasteiger partial charge in [0.25, 0.3) is 5.91 Å². The average molecular weight is 545 g/mol. The van der Waals surface area contributed by atoms with Crippen LogP contribution in [0.3, 0.4) is 0 Å². The van der Waals surface area contributed by atoms with E-state index in [-0.39, 0.29) is 12.2 Å². The van der Waals surface area contributed by atoms with Gasteiger partial charge >= 0.3 is 5.97 Å². The van der Waals surface area contributed by atoms with Crippen molar-refractivity contribution in [1.82, 2.24) is 0 Å². The zero-order valence-electron chi connectivity index (χ0n) is 19.0. The highest BCUT2D eigenvalue weighted by atomic mass is 79.9. The van der Waals surface area contributed by atoms with Gasteiger partial charge in [-0.25, -0.2) is 4.79 Å². The molecular formula is C25H25BrN2O5S. The normalized spacial score (nSPS) is 12.8. The van der Waals surface area contributed by atoms with Crippen molar-refractivity contribution in [3.63, 3.8) is 0 Å². The van der Waals surface area contributed by atoms with E-state index in [1.165, 1.54) is 24.5 Å². The number of thiophene rings is 1. The number of hydrogen-bond acceptors (Lipinski definition) is 7. The zero-order valence-corrected chi connectivity index (χ0v) is 21.4. The fourth-order valence-electron chi connectivity index (χ4n) is 3.66. The van der Waals surface area contributed by atoms with Crippen molar-refractivity contribution < 1.29 is 23.8 Å². The van der Waals surface area contributed by atoms with Gasteiger partial charge in [0.15, 0.2) is 11.5 Å². The SMILES string of the molecule is C=CCOc1c(Br)cc(/C=C(\C#N)C(=O)Nc2sc3c(c2C(=O)OCC)CCCC3)cc1OC. The summed E-state index contributed by atoms with van der Waals surface area (Å²) in [6.45, 7) is 5.91. The number of nitrogens with one attached hydrogen (secondary N) is 1. The molecule has 1 aliphatic carbocycles. The average Bonchev–Trinajstić information content (AvgIpc) is 3.19. The molecule has 1 aliphatic rings. The minimum Gasteiger partial charge on any atom is -0.493 e. The number of halogens is 1. The number of nitriles is 1. The van der Waals surface area contributed by atoms with Crippen molar-refractivity contribution in [2.45, 2.75) is 32.6 Å². The molecule has 1 N–H and O–H groups in total. The van der Waals surface area contributed by atoms with Crippen LogP contribution in [0.15, 0.2) is 34.8 Å². The van der Waals surface area contributed by atoms with Gasteiger partial charge in [0.2, 0.25) is 0 Å². The topological polar surface area (TPSA) is 97.7 Å². The van der Waals surface area contributed by atoms with Crippen LogP contribution in [0.1, 0.15) is 46.1 Å². The molecule has 178 valence electrons. The van der Waals surface area contributed by atoms with E-state index in [0.29, 0.717) is 38.7 Å². The Kier molecular flexibility index (Phi) is 8.91. The van der Waals surface area contributed by atoms with Crippen LogP contribution in [0, 0.1) is 11.3 Å². The largest absolute Gasteiger partial charge is 0.493 e. The Morgan fingerprint density at radius 3 is 2.76 bits per heavy atom. The molecule has 0 saturated carbocycles. The number of carbonyl (C=O) groups is 2. The molecule has 1 aromatic carbocycles. The molecule has 0 fully saturated rings. The maximum atomic E-state index is 13.0. The van der Waals surface area contributed by atoms with Crippen LogP contribution in [0.5, 0.6) is 11.5 Å². The molecule has 34 heavy (non-hydrogen) atoms. The lowest BCUT2D eigenvalue weighted by Crippen LogP contribution is -2.16. The molecule has 2 aromatic rings. The summed E-state index contributed by atoms with van der Waals surface area (Å²) in [6.07, 6.45) is 6.72. The van der Waals surface area contributed by atoms with E-state index in [1.54, 1.807) is 25.1 Å². The van der Waals surface area contributed by atoms with Crippen LogP contribution in [0.2, 0.25) is 0 Å². The van der Waals surface area contributed by atoms with E-state index in [9.17, 15) is 14.9 Å². The Bertz CT molecular complexity index is 1180. The number of hydrogen-bond donors (Lipinski definition) is 1. The van der Waals surface area contributed by atoms with Crippen LogP contribution < -0.4 is 14.8 Å². The van der Waals surface area contributed by atoms with Crippen molar-refractivity contribution in [2.75, 3.05) is 25.6 Å². The highest BCUT2D eigenvalue weighted by Gasteiger charge is 2.28. The molecule has 0 aliphatic heterocycles. The first-order valence-electron chi connectivity index (χ1n) is 10.8. The van der Waals surface area contributed by atoms with Crippen LogP contribution >= 0.6 is 27.3 Å². The van der Waals surface area contributed by atoms with Crippen LogP contribution in [-0.2, 0) is 22.4 Å². The van der Waals surface area contributed by atoms with E-state index in [0.717, 1.165) is 36.1 Å². The van der Waals surface area contributed by atoms with E-state index in [4.69, 9.17) is 14.2 Å². The van der Waals surface area contributed by atoms with Crippen molar-refractivity contribution in [3.8, 4) is 17.6 Å². The fraction of sp³-hybridized carbons (Fsp3) is 0.320. The fourth-order valence-corrected chi connectivity index (χ4v) is 5.51. The van der Waals surface area contributed by atoms with Crippen molar-refractivity contribution >= 4 is 50.2 Å². The van der Waals surface area contributed by atoms with Gasteiger partial charge in [-0.05, 0) is 77.9 Å². The molecule has 0 bridgehead atoms. The van der Waals surface area contributed by atoms with Gasteiger partial charge in [-0.1, -0.05) is 12.7 Å². The molecule has 0 saturated heterocycles. The second-order valence-corrected chi connectivity index (χ2v) is 9.35. The maximum Gasteiger partial charge on any atom is 0.341 e. The predicted octanol–water partition coefficient (Wildman–Crippen LogP) is 5.69.